The van der Waals surface area contributed by atoms with Crippen LogP contribution in [0, 0.1) is 0 Å². The summed E-state index contributed by atoms with van der Waals surface area (Å²) in [7, 11) is 0. The highest BCUT2D eigenvalue weighted by molar-refractivity contribution is 7.98. The summed E-state index contributed by atoms with van der Waals surface area (Å²) < 4.78 is 0. The molecule has 1 aromatic heterocycles. The summed E-state index contributed by atoms with van der Waals surface area (Å²) in [4.78, 5) is 4.64. The summed E-state index contributed by atoms with van der Waals surface area (Å²) in [6.45, 7) is 3.24. The molecule has 0 saturated carbocycles. The van der Waals surface area contributed by atoms with Gasteiger partial charge in [0.15, 0.2) is 0 Å². The largest absolute Gasteiger partial charge is 0.313 e. The molecule has 0 fully saturated rings. The molecule has 94 valence electrons. The lowest BCUT2D eigenvalue weighted by Gasteiger charge is -2.31. The van der Waals surface area contributed by atoms with Gasteiger partial charge in [0.2, 0.25) is 0 Å². The van der Waals surface area contributed by atoms with Gasteiger partial charge < -0.3 is 5.32 Å². The van der Waals surface area contributed by atoms with Gasteiger partial charge in [-0.2, -0.15) is 11.8 Å². The molecule has 0 radical (unpaired) electrons. The van der Waals surface area contributed by atoms with E-state index in [4.69, 9.17) is 0 Å². The number of pyridine rings is 1. The molecule has 0 amide bonds. The van der Waals surface area contributed by atoms with Gasteiger partial charge in [-0.15, -0.1) is 0 Å². The molecule has 1 aromatic rings. The summed E-state index contributed by atoms with van der Waals surface area (Å²) >= 11 is 1.93. The fourth-order valence-electron chi connectivity index (χ4n) is 2.80. The first-order chi connectivity index (χ1) is 8.36. The van der Waals surface area contributed by atoms with Gasteiger partial charge >= 0.3 is 0 Å². The predicted octanol–water partition coefficient (Wildman–Crippen LogP) is 2.84. The van der Waals surface area contributed by atoms with E-state index in [1.54, 1.807) is 0 Å². The first kappa shape index (κ1) is 12.9. The average molecular weight is 250 g/mol. The zero-order chi connectivity index (χ0) is 12.1. The van der Waals surface area contributed by atoms with Crippen LogP contribution in [0.2, 0.25) is 0 Å². The number of nitrogens with zero attached hydrogens (tertiary/aromatic N) is 1. The van der Waals surface area contributed by atoms with Crippen LogP contribution in [0.4, 0.5) is 0 Å². The fourth-order valence-corrected chi connectivity index (χ4v) is 3.51. The molecule has 0 aromatic carbocycles. The summed E-state index contributed by atoms with van der Waals surface area (Å²) in [5, 5.41) is 3.63. The zero-order valence-corrected chi connectivity index (χ0v) is 11.6. The Labute approximate surface area is 109 Å². The number of thioether (sulfide) groups is 1. The molecule has 2 unspecified atom stereocenters. The van der Waals surface area contributed by atoms with Gasteiger partial charge in [0.1, 0.15) is 0 Å². The Morgan fingerprint density at radius 2 is 2.47 bits per heavy atom. The van der Waals surface area contributed by atoms with E-state index in [1.807, 2.05) is 18.0 Å². The SMILES string of the molecule is CCNC(CSC)C1CCCc2cccnc21. The van der Waals surface area contributed by atoms with Crippen molar-refractivity contribution in [3.8, 4) is 0 Å². The second kappa shape index (κ2) is 6.41. The van der Waals surface area contributed by atoms with E-state index in [1.165, 1.54) is 36.3 Å². The number of nitrogens with one attached hydrogen (secondary N) is 1. The first-order valence-corrected chi connectivity index (χ1v) is 7.92. The highest BCUT2D eigenvalue weighted by atomic mass is 32.2. The van der Waals surface area contributed by atoms with Gasteiger partial charge in [-0.25, -0.2) is 0 Å². The van der Waals surface area contributed by atoms with E-state index >= 15 is 0 Å². The second-order valence-corrected chi connectivity index (χ2v) is 5.58. The van der Waals surface area contributed by atoms with Gasteiger partial charge in [-0.3, -0.25) is 4.98 Å². The molecule has 0 spiro atoms. The Bertz CT molecular complexity index is 348. The molecule has 0 saturated heterocycles. The van der Waals surface area contributed by atoms with Crippen molar-refractivity contribution in [1.82, 2.24) is 10.3 Å². The lowest BCUT2D eigenvalue weighted by molar-refractivity contribution is 0.418. The number of aryl methyl sites for hydroxylation is 1. The number of rotatable bonds is 5. The standard InChI is InChI=1S/C14H22N2S/c1-3-15-13(10-17-2)12-8-4-6-11-7-5-9-16-14(11)12/h5,7,9,12-13,15H,3-4,6,8,10H2,1-2H3. The molecule has 0 bridgehead atoms. The smallest absolute Gasteiger partial charge is 0.0482 e. The van der Waals surface area contributed by atoms with Crippen molar-refractivity contribution >= 4 is 11.8 Å². The number of likely N-dealkylation sites (N-methyl/N-ethyl adjacent to an activating group) is 1. The van der Waals surface area contributed by atoms with Gasteiger partial charge in [-0.05, 0) is 43.7 Å². The molecule has 3 heteroatoms. The molecule has 1 heterocycles. The molecule has 1 N–H and O–H groups in total. The van der Waals surface area contributed by atoms with Crippen LogP contribution in [0.3, 0.4) is 0 Å². The predicted molar refractivity (Wildman–Crippen MR) is 75.8 cm³/mol. The van der Waals surface area contributed by atoms with Crippen LogP contribution in [-0.2, 0) is 6.42 Å². The first-order valence-electron chi connectivity index (χ1n) is 6.53. The van der Waals surface area contributed by atoms with Crippen molar-refractivity contribution in [2.45, 2.75) is 38.1 Å². The van der Waals surface area contributed by atoms with E-state index in [2.05, 4.69) is 35.6 Å². The summed E-state index contributed by atoms with van der Waals surface area (Å²) in [6.07, 6.45) is 7.92. The van der Waals surface area contributed by atoms with Crippen LogP contribution in [0.1, 0.15) is 36.9 Å². The van der Waals surface area contributed by atoms with Crippen molar-refractivity contribution in [1.29, 1.82) is 0 Å². The third-order valence-electron chi connectivity index (χ3n) is 3.54. The molecule has 2 nitrogen and oxygen atoms in total. The van der Waals surface area contributed by atoms with Crippen molar-refractivity contribution in [3.63, 3.8) is 0 Å². The van der Waals surface area contributed by atoms with E-state index in [0.717, 1.165) is 6.54 Å². The van der Waals surface area contributed by atoms with Crippen molar-refractivity contribution in [3.05, 3.63) is 29.6 Å². The van der Waals surface area contributed by atoms with Gasteiger partial charge in [0.05, 0.1) is 0 Å². The lowest BCUT2D eigenvalue weighted by Crippen LogP contribution is -2.38. The molecule has 17 heavy (non-hydrogen) atoms. The van der Waals surface area contributed by atoms with Crippen LogP contribution in [-0.4, -0.2) is 29.6 Å². The Morgan fingerprint density at radius 3 is 3.24 bits per heavy atom. The number of hydrogen-bond donors (Lipinski definition) is 1. The Balaban J connectivity index is 2.20. The van der Waals surface area contributed by atoms with E-state index in [0.29, 0.717) is 12.0 Å². The van der Waals surface area contributed by atoms with Gasteiger partial charge in [0.25, 0.3) is 0 Å². The summed E-state index contributed by atoms with van der Waals surface area (Å²) in [6, 6.07) is 4.89. The summed E-state index contributed by atoms with van der Waals surface area (Å²) in [5.41, 5.74) is 2.81. The Kier molecular flexibility index (Phi) is 4.86. The third kappa shape index (κ3) is 3.02. The highest BCUT2D eigenvalue weighted by Gasteiger charge is 2.27. The molecule has 0 aliphatic heterocycles. The molecule has 1 aliphatic carbocycles. The monoisotopic (exact) mass is 250 g/mol. The van der Waals surface area contributed by atoms with Crippen LogP contribution in [0.15, 0.2) is 18.3 Å². The number of fused-ring (bicyclic) bond motifs is 1. The number of aromatic nitrogens is 1. The van der Waals surface area contributed by atoms with Gasteiger partial charge in [-0.1, -0.05) is 13.0 Å². The van der Waals surface area contributed by atoms with Crippen molar-refractivity contribution in [2.24, 2.45) is 0 Å². The molecule has 1 aliphatic rings. The molecule has 2 rings (SSSR count). The Morgan fingerprint density at radius 1 is 1.59 bits per heavy atom. The minimum Gasteiger partial charge on any atom is -0.313 e. The van der Waals surface area contributed by atoms with Crippen molar-refractivity contribution < 1.29 is 0 Å². The molecular formula is C14H22N2S. The van der Waals surface area contributed by atoms with Crippen LogP contribution in [0.5, 0.6) is 0 Å². The maximum atomic E-state index is 4.64. The Hall–Kier alpha value is -0.540. The van der Waals surface area contributed by atoms with Crippen molar-refractivity contribution in [2.75, 3.05) is 18.6 Å². The van der Waals surface area contributed by atoms with E-state index in [9.17, 15) is 0 Å². The maximum Gasteiger partial charge on any atom is 0.0482 e. The van der Waals surface area contributed by atoms with Crippen LogP contribution < -0.4 is 5.32 Å². The normalized spacial score (nSPS) is 20.9. The average Bonchev–Trinajstić information content (AvgIpc) is 2.38. The number of hydrogen-bond acceptors (Lipinski definition) is 3. The quantitative estimate of drug-likeness (QED) is 0.870. The molecular weight excluding hydrogens is 228 g/mol. The second-order valence-electron chi connectivity index (χ2n) is 4.67. The fraction of sp³-hybridized carbons (Fsp3) is 0.643. The van der Waals surface area contributed by atoms with E-state index < -0.39 is 0 Å². The van der Waals surface area contributed by atoms with Gasteiger partial charge in [0, 0.05) is 29.6 Å². The lowest BCUT2D eigenvalue weighted by atomic mass is 9.82. The van der Waals surface area contributed by atoms with E-state index in [-0.39, 0.29) is 0 Å². The topological polar surface area (TPSA) is 24.9 Å². The third-order valence-corrected chi connectivity index (χ3v) is 4.23. The van der Waals surface area contributed by atoms with Crippen LogP contribution >= 0.6 is 11.8 Å². The van der Waals surface area contributed by atoms with Crippen LogP contribution in [0.25, 0.3) is 0 Å². The highest BCUT2D eigenvalue weighted by Crippen LogP contribution is 2.33. The minimum absolute atomic E-state index is 0.573. The summed E-state index contributed by atoms with van der Waals surface area (Å²) in [5.74, 6) is 1.78. The molecule has 2 atom stereocenters. The minimum atomic E-state index is 0.573. The zero-order valence-electron chi connectivity index (χ0n) is 10.8. The maximum absolute atomic E-state index is 4.64.